The van der Waals surface area contributed by atoms with Gasteiger partial charge >= 0.3 is 0 Å². The second-order valence-corrected chi connectivity index (χ2v) is 7.53. The lowest BCUT2D eigenvalue weighted by Gasteiger charge is -2.31. The van der Waals surface area contributed by atoms with Crippen molar-refractivity contribution in [3.05, 3.63) is 46.7 Å². The number of hydrogen-bond donors (Lipinski definition) is 2. The number of nitrogens with zero attached hydrogens (tertiary/aromatic N) is 2. The highest BCUT2D eigenvalue weighted by Crippen LogP contribution is 2.19. The number of amides is 3. The van der Waals surface area contributed by atoms with Crippen LogP contribution in [0.15, 0.2) is 28.8 Å². The monoisotopic (exact) mass is 398 g/mol. The maximum atomic E-state index is 12.4. The SMILES string of the molecule is Cc1cc(C)cc(C(=O)NCC(=O)N2CCC(C(=O)Nc3cc(C)on3)CC2)c1. The van der Waals surface area contributed by atoms with Crippen LogP contribution in [-0.2, 0) is 9.59 Å². The summed E-state index contributed by atoms with van der Waals surface area (Å²) in [6.07, 6.45) is 1.14. The molecule has 3 amide bonds. The van der Waals surface area contributed by atoms with Gasteiger partial charge in [-0.25, -0.2) is 0 Å². The van der Waals surface area contributed by atoms with Gasteiger partial charge in [0.2, 0.25) is 11.8 Å². The number of carbonyl (C=O) groups excluding carboxylic acids is 3. The average molecular weight is 398 g/mol. The van der Waals surface area contributed by atoms with Crippen LogP contribution in [0.4, 0.5) is 5.82 Å². The summed E-state index contributed by atoms with van der Waals surface area (Å²) >= 11 is 0. The minimum Gasteiger partial charge on any atom is -0.360 e. The molecule has 8 heteroatoms. The molecule has 1 aliphatic rings. The molecule has 1 fully saturated rings. The molecular weight excluding hydrogens is 372 g/mol. The number of nitrogens with one attached hydrogen (secondary N) is 2. The van der Waals surface area contributed by atoms with E-state index in [2.05, 4.69) is 15.8 Å². The van der Waals surface area contributed by atoms with Crippen LogP contribution in [0.3, 0.4) is 0 Å². The van der Waals surface area contributed by atoms with Crippen molar-refractivity contribution in [3.8, 4) is 0 Å². The number of rotatable bonds is 5. The fourth-order valence-corrected chi connectivity index (χ4v) is 3.52. The summed E-state index contributed by atoms with van der Waals surface area (Å²) < 4.78 is 4.94. The van der Waals surface area contributed by atoms with Crippen LogP contribution < -0.4 is 10.6 Å². The number of hydrogen-bond acceptors (Lipinski definition) is 5. The third-order valence-electron chi connectivity index (χ3n) is 4.98. The molecule has 0 radical (unpaired) electrons. The van der Waals surface area contributed by atoms with Gasteiger partial charge in [-0.3, -0.25) is 14.4 Å². The van der Waals surface area contributed by atoms with Crippen LogP contribution in [0, 0.1) is 26.7 Å². The van der Waals surface area contributed by atoms with E-state index >= 15 is 0 Å². The van der Waals surface area contributed by atoms with Gasteiger partial charge in [-0.15, -0.1) is 0 Å². The molecule has 1 aromatic carbocycles. The van der Waals surface area contributed by atoms with Crippen molar-refractivity contribution in [2.45, 2.75) is 33.6 Å². The van der Waals surface area contributed by atoms with E-state index in [0.717, 1.165) is 11.1 Å². The van der Waals surface area contributed by atoms with Crippen LogP contribution in [0.5, 0.6) is 0 Å². The van der Waals surface area contributed by atoms with Gasteiger partial charge in [0.05, 0.1) is 6.54 Å². The highest BCUT2D eigenvalue weighted by molar-refractivity contribution is 5.97. The zero-order valence-electron chi connectivity index (χ0n) is 16.9. The minimum absolute atomic E-state index is 0.0547. The van der Waals surface area contributed by atoms with E-state index in [1.807, 2.05) is 19.9 Å². The first-order valence-electron chi connectivity index (χ1n) is 9.70. The van der Waals surface area contributed by atoms with Crippen molar-refractivity contribution in [2.75, 3.05) is 25.0 Å². The van der Waals surface area contributed by atoms with Gasteiger partial charge in [0.1, 0.15) is 5.76 Å². The number of aromatic nitrogens is 1. The first kappa shape index (κ1) is 20.6. The summed E-state index contributed by atoms with van der Waals surface area (Å²) in [4.78, 5) is 38.7. The Morgan fingerprint density at radius 1 is 1.07 bits per heavy atom. The van der Waals surface area contributed by atoms with Crippen LogP contribution in [0.2, 0.25) is 0 Å². The molecule has 8 nitrogen and oxygen atoms in total. The van der Waals surface area contributed by atoms with Crippen molar-refractivity contribution < 1.29 is 18.9 Å². The van der Waals surface area contributed by atoms with Gasteiger partial charge in [0.15, 0.2) is 5.82 Å². The average Bonchev–Trinajstić information content (AvgIpc) is 3.09. The lowest BCUT2D eigenvalue weighted by molar-refractivity contribution is -0.133. The van der Waals surface area contributed by atoms with E-state index in [0.29, 0.717) is 43.1 Å². The third kappa shape index (κ3) is 5.43. The largest absolute Gasteiger partial charge is 0.360 e. The van der Waals surface area contributed by atoms with E-state index in [4.69, 9.17) is 4.52 Å². The molecule has 0 atom stereocenters. The van der Waals surface area contributed by atoms with E-state index in [-0.39, 0.29) is 30.2 Å². The Kier molecular flexibility index (Phi) is 6.31. The second kappa shape index (κ2) is 8.89. The Morgan fingerprint density at radius 3 is 2.31 bits per heavy atom. The topological polar surface area (TPSA) is 105 Å². The highest BCUT2D eigenvalue weighted by Gasteiger charge is 2.28. The molecule has 1 aliphatic heterocycles. The standard InChI is InChI=1S/C21H26N4O4/c1-13-8-14(2)10-17(9-13)20(27)22-12-19(26)25-6-4-16(5-7-25)21(28)23-18-11-15(3)29-24-18/h8-11,16H,4-7,12H2,1-3H3,(H,22,27)(H,23,24,28). The molecule has 0 saturated carbocycles. The van der Waals surface area contributed by atoms with E-state index in [1.165, 1.54) is 0 Å². The molecule has 154 valence electrons. The molecular formula is C21H26N4O4. The predicted molar refractivity (Wildman–Crippen MR) is 107 cm³/mol. The van der Waals surface area contributed by atoms with Crippen LogP contribution in [0.1, 0.15) is 40.1 Å². The second-order valence-electron chi connectivity index (χ2n) is 7.53. The zero-order chi connectivity index (χ0) is 21.0. The van der Waals surface area contributed by atoms with E-state index < -0.39 is 0 Å². The Morgan fingerprint density at radius 2 is 1.72 bits per heavy atom. The highest BCUT2D eigenvalue weighted by atomic mass is 16.5. The summed E-state index contributed by atoms with van der Waals surface area (Å²) in [6.45, 7) is 6.52. The summed E-state index contributed by atoms with van der Waals surface area (Å²) in [5.41, 5.74) is 2.55. The van der Waals surface area contributed by atoms with Crippen molar-refractivity contribution in [1.82, 2.24) is 15.4 Å². The van der Waals surface area contributed by atoms with Crippen molar-refractivity contribution in [3.63, 3.8) is 0 Å². The summed E-state index contributed by atoms with van der Waals surface area (Å²) in [7, 11) is 0. The Bertz CT molecular complexity index is 893. The Labute approximate surface area is 169 Å². The van der Waals surface area contributed by atoms with Crippen LogP contribution in [-0.4, -0.2) is 47.4 Å². The quantitative estimate of drug-likeness (QED) is 0.803. The number of likely N-dealkylation sites (tertiary alicyclic amines) is 1. The number of carbonyl (C=O) groups is 3. The van der Waals surface area contributed by atoms with E-state index in [1.54, 1.807) is 30.0 Å². The predicted octanol–water partition coefficient (Wildman–Crippen LogP) is 2.21. The zero-order valence-corrected chi connectivity index (χ0v) is 16.9. The van der Waals surface area contributed by atoms with Crippen LogP contribution in [0.25, 0.3) is 0 Å². The normalized spacial score (nSPS) is 14.5. The van der Waals surface area contributed by atoms with Crippen molar-refractivity contribution >= 4 is 23.5 Å². The van der Waals surface area contributed by atoms with Crippen molar-refractivity contribution in [2.24, 2.45) is 5.92 Å². The number of anilines is 1. The maximum absolute atomic E-state index is 12.4. The molecule has 3 rings (SSSR count). The lowest BCUT2D eigenvalue weighted by atomic mass is 9.96. The molecule has 0 spiro atoms. The lowest BCUT2D eigenvalue weighted by Crippen LogP contribution is -2.45. The smallest absolute Gasteiger partial charge is 0.251 e. The van der Waals surface area contributed by atoms with Crippen molar-refractivity contribution in [1.29, 1.82) is 0 Å². The summed E-state index contributed by atoms with van der Waals surface area (Å²) in [5.74, 6) is 0.328. The van der Waals surface area contributed by atoms with Gasteiger partial charge in [-0.2, -0.15) is 0 Å². The molecule has 0 unspecified atom stereocenters. The number of benzene rings is 1. The Balaban J connectivity index is 1.44. The number of aryl methyl sites for hydroxylation is 3. The van der Waals surface area contributed by atoms with Gasteiger partial charge in [0, 0.05) is 30.6 Å². The van der Waals surface area contributed by atoms with Gasteiger partial charge in [-0.05, 0) is 45.7 Å². The molecule has 1 saturated heterocycles. The third-order valence-corrected chi connectivity index (χ3v) is 4.98. The fraction of sp³-hybridized carbons (Fsp3) is 0.429. The fourth-order valence-electron chi connectivity index (χ4n) is 3.52. The molecule has 0 bridgehead atoms. The first-order valence-corrected chi connectivity index (χ1v) is 9.70. The molecule has 29 heavy (non-hydrogen) atoms. The van der Waals surface area contributed by atoms with Gasteiger partial charge in [0.25, 0.3) is 5.91 Å². The molecule has 2 heterocycles. The van der Waals surface area contributed by atoms with E-state index in [9.17, 15) is 14.4 Å². The molecule has 2 aromatic rings. The first-order chi connectivity index (χ1) is 13.8. The van der Waals surface area contributed by atoms with Gasteiger partial charge in [-0.1, -0.05) is 22.3 Å². The Hall–Kier alpha value is -3.16. The van der Waals surface area contributed by atoms with Gasteiger partial charge < -0.3 is 20.1 Å². The summed E-state index contributed by atoms with van der Waals surface area (Å²) in [5, 5.41) is 9.19. The number of piperidine rings is 1. The summed E-state index contributed by atoms with van der Waals surface area (Å²) in [6, 6.07) is 7.25. The molecule has 0 aliphatic carbocycles. The molecule has 1 aromatic heterocycles. The minimum atomic E-state index is -0.262. The molecule has 2 N–H and O–H groups in total. The maximum Gasteiger partial charge on any atom is 0.251 e. The van der Waals surface area contributed by atoms with Crippen LogP contribution >= 0.6 is 0 Å².